The summed E-state index contributed by atoms with van der Waals surface area (Å²) in [6.07, 6.45) is 6.75. The van der Waals surface area contributed by atoms with E-state index in [4.69, 9.17) is 23.7 Å². The van der Waals surface area contributed by atoms with Gasteiger partial charge in [0.1, 0.15) is 28.9 Å². The molecule has 1 atom stereocenters. The Kier molecular flexibility index (Phi) is 8.85. The number of methoxy groups -OCH3 is 4. The Morgan fingerprint density at radius 3 is 2.29 bits per heavy atom. The fourth-order valence-electron chi connectivity index (χ4n) is 4.28. The predicted octanol–water partition coefficient (Wildman–Crippen LogP) is 6.66. The first-order valence-electron chi connectivity index (χ1n) is 11.8. The summed E-state index contributed by atoms with van der Waals surface area (Å²) in [4.78, 5) is 13.3. The molecule has 35 heavy (non-hydrogen) atoms. The highest BCUT2D eigenvalue weighted by Crippen LogP contribution is 2.46. The van der Waals surface area contributed by atoms with Crippen molar-refractivity contribution < 1.29 is 28.5 Å². The number of Topliss-reactive ketones (excluding diaryl/α,β-unsaturated/α-hetero) is 1. The maximum Gasteiger partial charge on any atom is 0.174 e. The van der Waals surface area contributed by atoms with Crippen LogP contribution < -0.4 is 23.7 Å². The third-order valence-electron chi connectivity index (χ3n) is 6.18. The van der Waals surface area contributed by atoms with E-state index in [-0.39, 0.29) is 12.2 Å². The molecule has 6 heteroatoms. The molecule has 2 aromatic carbocycles. The summed E-state index contributed by atoms with van der Waals surface area (Å²) in [6.45, 7) is 6.34. The van der Waals surface area contributed by atoms with Crippen molar-refractivity contribution in [2.75, 3.05) is 28.4 Å². The third kappa shape index (κ3) is 5.99. The van der Waals surface area contributed by atoms with Crippen LogP contribution in [0, 0.1) is 0 Å². The van der Waals surface area contributed by atoms with E-state index >= 15 is 0 Å². The molecule has 188 valence electrons. The first kappa shape index (κ1) is 26.2. The maximum atomic E-state index is 13.3. The van der Waals surface area contributed by atoms with Crippen molar-refractivity contribution in [1.82, 2.24) is 0 Å². The van der Waals surface area contributed by atoms with Crippen molar-refractivity contribution in [1.29, 1.82) is 0 Å². The lowest BCUT2D eigenvalue weighted by Gasteiger charge is -2.28. The Hall–Kier alpha value is -3.41. The smallest absolute Gasteiger partial charge is 0.174 e. The van der Waals surface area contributed by atoms with Gasteiger partial charge in [-0.1, -0.05) is 29.4 Å². The van der Waals surface area contributed by atoms with Crippen molar-refractivity contribution in [3.63, 3.8) is 0 Å². The number of ketones is 1. The summed E-state index contributed by atoms with van der Waals surface area (Å²) in [7, 11) is 6.37. The number of hydrogen-bond donors (Lipinski definition) is 0. The second kappa shape index (κ2) is 11.8. The van der Waals surface area contributed by atoms with Gasteiger partial charge in [0.05, 0.1) is 34.9 Å². The van der Waals surface area contributed by atoms with Crippen molar-refractivity contribution in [3.05, 3.63) is 64.3 Å². The van der Waals surface area contributed by atoms with Gasteiger partial charge in [0.25, 0.3) is 0 Å². The van der Waals surface area contributed by atoms with Gasteiger partial charge in [0.15, 0.2) is 17.3 Å². The average Bonchev–Trinajstić information content (AvgIpc) is 2.85. The van der Waals surface area contributed by atoms with Crippen LogP contribution in [-0.2, 0) is 6.42 Å². The lowest BCUT2D eigenvalue weighted by Crippen LogP contribution is -2.22. The number of allylic oxidation sites excluding steroid dienone is 4. The van der Waals surface area contributed by atoms with Gasteiger partial charge < -0.3 is 23.7 Å². The minimum atomic E-state index is -0.452. The molecule has 2 aromatic rings. The van der Waals surface area contributed by atoms with E-state index in [1.807, 2.05) is 18.2 Å². The molecule has 0 amide bonds. The van der Waals surface area contributed by atoms with E-state index < -0.39 is 6.10 Å². The average molecular weight is 481 g/mol. The molecule has 0 aliphatic carbocycles. The molecule has 1 heterocycles. The summed E-state index contributed by atoms with van der Waals surface area (Å²) in [5.74, 6) is 2.79. The second-order valence-corrected chi connectivity index (χ2v) is 8.89. The Morgan fingerprint density at radius 2 is 1.66 bits per heavy atom. The van der Waals surface area contributed by atoms with Crippen LogP contribution in [-0.4, -0.2) is 34.2 Å². The first-order chi connectivity index (χ1) is 16.8. The molecule has 3 rings (SSSR count). The van der Waals surface area contributed by atoms with E-state index in [0.29, 0.717) is 40.7 Å². The second-order valence-electron chi connectivity index (χ2n) is 8.89. The van der Waals surface area contributed by atoms with Gasteiger partial charge in [-0.15, -0.1) is 0 Å². The van der Waals surface area contributed by atoms with Crippen LogP contribution in [0.1, 0.15) is 67.6 Å². The lowest BCUT2D eigenvalue weighted by molar-refractivity contribution is 0.0843. The molecule has 0 N–H and O–H groups in total. The van der Waals surface area contributed by atoms with Crippen molar-refractivity contribution >= 4 is 5.78 Å². The number of carbonyl (C=O) groups excluding carboxylic acids is 1. The van der Waals surface area contributed by atoms with Crippen molar-refractivity contribution in [3.8, 4) is 28.7 Å². The highest BCUT2D eigenvalue weighted by molar-refractivity contribution is 6.03. The molecule has 0 fully saturated rings. The zero-order chi connectivity index (χ0) is 25.5. The molecule has 0 bridgehead atoms. The zero-order valence-electron chi connectivity index (χ0n) is 21.8. The molecule has 0 radical (unpaired) electrons. The van der Waals surface area contributed by atoms with Crippen LogP contribution in [0.15, 0.2) is 47.6 Å². The van der Waals surface area contributed by atoms with Crippen molar-refractivity contribution in [2.45, 2.75) is 52.6 Å². The highest BCUT2D eigenvalue weighted by Gasteiger charge is 2.33. The number of rotatable bonds is 10. The largest absolute Gasteiger partial charge is 0.496 e. The van der Waals surface area contributed by atoms with Gasteiger partial charge >= 0.3 is 0 Å². The molecule has 0 spiro atoms. The monoisotopic (exact) mass is 480 g/mol. The van der Waals surface area contributed by atoms with Crippen LogP contribution in [0.5, 0.6) is 28.7 Å². The summed E-state index contributed by atoms with van der Waals surface area (Å²) in [6, 6.07) is 7.34. The number of benzene rings is 2. The minimum Gasteiger partial charge on any atom is -0.496 e. The number of fused-ring (bicyclic) bond motifs is 1. The van der Waals surface area contributed by atoms with E-state index in [0.717, 1.165) is 24.0 Å². The summed E-state index contributed by atoms with van der Waals surface area (Å²) < 4.78 is 28.5. The van der Waals surface area contributed by atoms with Gasteiger partial charge in [-0.05, 0) is 57.7 Å². The molecule has 0 aromatic heterocycles. The van der Waals surface area contributed by atoms with E-state index in [9.17, 15) is 4.79 Å². The summed E-state index contributed by atoms with van der Waals surface area (Å²) in [5, 5.41) is 0. The fraction of sp³-hybridized carbons (Fsp3) is 0.414. The van der Waals surface area contributed by atoms with E-state index in [1.54, 1.807) is 34.5 Å². The predicted molar refractivity (Wildman–Crippen MR) is 138 cm³/mol. The fourth-order valence-corrected chi connectivity index (χ4v) is 4.28. The first-order valence-corrected chi connectivity index (χ1v) is 11.8. The summed E-state index contributed by atoms with van der Waals surface area (Å²) in [5.41, 5.74) is 4.74. The van der Waals surface area contributed by atoms with Gasteiger partial charge in [0.2, 0.25) is 0 Å². The van der Waals surface area contributed by atoms with Crippen LogP contribution in [0.4, 0.5) is 0 Å². The quantitative estimate of drug-likeness (QED) is 0.354. The molecule has 0 saturated heterocycles. The molecule has 1 unspecified atom stereocenters. The lowest BCUT2D eigenvalue weighted by atomic mass is 9.92. The van der Waals surface area contributed by atoms with Gasteiger partial charge in [-0.25, -0.2) is 0 Å². The normalized spacial score (nSPS) is 15.1. The van der Waals surface area contributed by atoms with Crippen LogP contribution >= 0.6 is 0 Å². The maximum absolute atomic E-state index is 13.3. The van der Waals surface area contributed by atoms with Crippen LogP contribution in [0.25, 0.3) is 0 Å². The third-order valence-corrected chi connectivity index (χ3v) is 6.18. The number of carbonyl (C=O) groups is 1. The molecule has 1 aliphatic rings. The molecular weight excluding hydrogens is 444 g/mol. The highest BCUT2D eigenvalue weighted by atomic mass is 16.5. The Labute approximate surface area is 208 Å². The van der Waals surface area contributed by atoms with E-state index in [2.05, 4.69) is 32.9 Å². The van der Waals surface area contributed by atoms with Gasteiger partial charge in [0, 0.05) is 11.6 Å². The molecule has 1 aliphatic heterocycles. The van der Waals surface area contributed by atoms with Crippen LogP contribution in [0.3, 0.4) is 0 Å². The Balaban J connectivity index is 1.93. The standard InChI is InChI=1S/C29H36O6/c1-18(2)9-8-10-19(3)11-13-21-25(32-5)17-27-28(29(21)34-7)22(30)16-24(35-27)20-12-14-23(31-4)26(15-20)33-6/h9,11-12,14-15,17,24H,8,10,13,16H2,1-7H3/b19-11+. The van der Waals surface area contributed by atoms with Crippen LogP contribution in [0.2, 0.25) is 0 Å². The van der Waals surface area contributed by atoms with Gasteiger partial charge in [-0.3, -0.25) is 4.79 Å². The summed E-state index contributed by atoms with van der Waals surface area (Å²) >= 11 is 0. The molecule has 0 saturated carbocycles. The van der Waals surface area contributed by atoms with E-state index in [1.165, 1.54) is 11.1 Å². The molecule has 6 nitrogen and oxygen atoms in total. The zero-order valence-corrected chi connectivity index (χ0v) is 21.8. The topological polar surface area (TPSA) is 63.2 Å². The Morgan fingerprint density at radius 1 is 0.943 bits per heavy atom. The SMILES string of the molecule is COc1ccc(C2CC(=O)c3c(cc(OC)c(C/C=C(\C)CCC=C(C)C)c3OC)O2)cc1OC. The molecular formula is C29H36O6. The van der Waals surface area contributed by atoms with Gasteiger partial charge in [-0.2, -0.15) is 0 Å². The van der Waals surface area contributed by atoms with Crippen molar-refractivity contribution in [2.24, 2.45) is 0 Å². The Bertz CT molecular complexity index is 1120. The number of ether oxygens (including phenoxy) is 5. The minimum absolute atomic E-state index is 0.0314. The number of hydrogen-bond acceptors (Lipinski definition) is 6.